The molecule has 1 saturated carbocycles. The Bertz CT molecular complexity index is 559. The van der Waals surface area contributed by atoms with Crippen molar-refractivity contribution < 1.29 is 0 Å². The van der Waals surface area contributed by atoms with Gasteiger partial charge in [-0.25, -0.2) is 0 Å². The average molecular weight is 266 g/mol. The molecule has 2 aromatic rings. The van der Waals surface area contributed by atoms with Gasteiger partial charge in [0.05, 0.1) is 0 Å². The van der Waals surface area contributed by atoms with E-state index in [-0.39, 0.29) is 0 Å². The number of anilines is 1. The van der Waals surface area contributed by atoms with E-state index in [1.54, 1.807) is 4.52 Å². The Morgan fingerprint density at radius 3 is 2.89 bits per heavy atom. The van der Waals surface area contributed by atoms with E-state index in [4.69, 9.17) is 11.6 Å². The standard InChI is InChI=1S/C12H16ClN5/c1-8-10(13)17-12-14-7-15-18(12)11(8)16-9-5-3-2-4-6-9/h7,9,16H,2-6H2,1H3. The molecule has 2 heterocycles. The molecule has 0 atom stereocenters. The van der Waals surface area contributed by atoms with Crippen LogP contribution in [0.4, 0.5) is 5.82 Å². The minimum atomic E-state index is 0.494. The highest BCUT2D eigenvalue weighted by molar-refractivity contribution is 6.30. The Morgan fingerprint density at radius 2 is 2.11 bits per heavy atom. The van der Waals surface area contributed by atoms with Crippen LogP contribution in [0.3, 0.4) is 0 Å². The van der Waals surface area contributed by atoms with Crippen LogP contribution in [0.2, 0.25) is 5.15 Å². The molecule has 0 aliphatic heterocycles. The lowest BCUT2D eigenvalue weighted by atomic mass is 9.95. The van der Waals surface area contributed by atoms with Crippen molar-refractivity contribution in [3.8, 4) is 0 Å². The minimum Gasteiger partial charge on any atom is -0.367 e. The van der Waals surface area contributed by atoms with Crippen molar-refractivity contribution in [2.24, 2.45) is 0 Å². The summed E-state index contributed by atoms with van der Waals surface area (Å²) in [6.07, 6.45) is 7.83. The van der Waals surface area contributed by atoms with Gasteiger partial charge in [0.15, 0.2) is 0 Å². The highest BCUT2D eigenvalue weighted by Crippen LogP contribution is 2.26. The van der Waals surface area contributed by atoms with Crippen molar-refractivity contribution >= 4 is 23.2 Å². The van der Waals surface area contributed by atoms with Gasteiger partial charge in [-0.2, -0.15) is 19.6 Å². The second-order valence-corrected chi connectivity index (χ2v) is 5.19. The Labute approximate surface area is 111 Å². The van der Waals surface area contributed by atoms with Gasteiger partial charge in [0, 0.05) is 11.6 Å². The van der Waals surface area contributed by atoms with Gasteiger partial charge in [0.25, 0.3) is 5.78 Å². The molecule has 5 nitrogen and oxygen atoms in total. The third-order valence-corrected chi connectivity index (χ3v) is 3.92. The van der Waals surface area contributed by atoms with Crippen molar-refractivity contribution in [1.29, 1.82) is 0 Å². The molecule has 96 valence electrons. The van der Waals surface area contributed by atoms with Crippen LogP contribution in [0.5, 0.6) is 0 Å². The highest BCUT2D eigenvalue weighted by atomic mass is 35.5. The smallest absolute Gasteiger partial charge is 0.255 e. The SMILES string of the molecule is Cc1c(Cl)nc2ncnn2c1NC1CCCCC1. The van der Waals surface area contributed by atoms with Crippen molar-refractivity contribution in [3.05, 3.63) is 17.0 Å². The molecule has 0 radical (unpaired) electrons. The van der Waals surface area contributed by atoms with Gasteiger partial charge in [0.2, 0.25) is 0 Å². The summed E-state index contributed by atoms with van der Waals surface area (Å²) >= 11 is 6.14. The minimum absolute atomic E-state index is 0.494. The largest absolute Gasteiger partial charge is 0.367 e. The second kappa shape index (κ2) is 4.72. The number of aromatic nitrogens is 4. The highest BCUT2D eigenvalue weighted by Gasteiger charge is 2.18. The van der Waals surface area contributed by atoms with Crippen LogP contribution in [-0.4, -0.2) is 25.6 Å². The lowest BCUT2D eigenvalue weighted by Gasteiger charge is -2.24. The van der Waals surface area contributed by atoms with Crippen molar-refractivity contribution in [2.45, 2.75) is 45.1 Å². The van der Waals surface area contributed by atoms with E-state index in [0.717, 1.165) is 11.4 Å². The summed E-state index contributed by atoms with van der Waals surface area (Å²) in [6, 6.07) is 0.503. The zero-order valence-corrected chi connectivity index (χ0v) is 11.1. The fourth-order valence-corrected chi connectivity index (χ4v) is 2.67. The average Bonchev–Trinajstić information content (AvgIpc) is 2.84. The monoisotopic (exact) mass is 265 g/mol. The van der Waals surface area contributed by atoms with Gasteiger partial charge >= 0.3 is 0 Å². The van der Waals surface area contributed by atoms with Crippen LogP contribution < -0.4 is 5.32 Å². The molecule has 18 heavy (non-hydrogen) atoms. The fraction of sp³-hybridized carbons (Fsp3) is 0.583. The molecule has 0 saturated heterocycles. The van der Waals surface area contributed by atoms with E-state index in [9.17, 15) is 0 Å². The number of halogens is 1. The summed E-state index contributed by atoms with van der Waals surface area (Å²) in [7, 11) is 0. The molecule has 0 amide bonds. The summed E-state index contributed by atoms with van der Waals surface area (Å²) in [5.74, 6) is 1.47. The van der Waals surface area contributed by atoms with Gasteiger partial charge < -0.3 is 5.32 Å². The van der Waals surface area contributed by atoms with Gasteiger partial charge in [-0.15, -0.1) is 0 Å². The lowest BCUT2D eigenvalue weighted by Crippen LogP contribution is -2.24. The third kappa shape index (κ3) is 2.03. The number of nitrogens with zero attached hydrogens (tertiary/aromatic N) is 4. The first-order valence-electron chi connectivity index (χ1n) is 6.38. The van der Waals surface area contributed by atoms with Crippen molar-refractivity contribution in [1.82, 2.24) is 19.6 Å². The topological polar surface area (TPSA) is 55.1 Å². The Balaban J connectivity index is 1.98. The normalized spacial score (nSPS) is 17.2. The molecular weight excluding hydrogens is 250 g/mol. The molecule has 1 fully saturated rings. The molecule has 3 rings (SSSR count). The lowest BCUT2D eigenvalue weighted by molar-refractivity contribution is 0.461. The number of nitrogens with one attached hydrogen (secondary N) is 1. The van der Waals surface area contributed by atoms with Gasteiger partial charge in [0.1, 0.15) is 17.3 Å². The second-order valence-electron chi connectivity index (χ2n) is 4.83. The van der Waals surface area contributed by atoms with E-state index >= 15 is 0 Å². The summed E-state index contributed by atoms with van der Waals surface area (Å²) in [4.78, 5) is 8.29. The van der Waals surface area contributed by atoms with E-state index in [0.29, 0.717) is 17.0 Å². The number of hydrogen-bond donors (Lipinski definition) is 1. The first-order chi connectivity index (χ1) is 8.75. The van der Waals surface area contributed by atoms with Crippen LogP contribution in [0.25, 0.3) is 5.78 Å². The van der Waals surface area contributed by atoms with Crippen molar-refractivity contribution in [3.63, 3.8) is 0 Å². The summed E-state index contributed by atoms with van der Waals surface area (Å²) in [5.41, 5.74) is 0.931. The van der Waals surface area contributed by atoms with Gasteiger partial charge in [-0.1, -0.05) is 30.9 Å². The van der Waals surface area contributed by atoms with E-state index < -0.39 is 0 Å². The summed E-state index contributed by atoms with van der Waals surface area (Å²) in [5, 5.41) is 8.26. The van der Waals surface area contributed by atoms with Gasteiger partial charge in [-0.05, 0) is 19.8 Å². The van der Waals surface area contributed by atoms with Gasteiger partial charge in [-0.3, -0.25) is 0 Å². The van der Waals surface area contributed by atoms with Crippen LogP contribution in [-0.2, 0) is 0 Å². The molecule has 6 heteroatoms. The van der Waals surface area contributed by atoms with E-state index in [1.165, 1.54) is 38.4 Å². The maximum Gasteiger partial charge on any atom is 0.255 e. The predicted molar refractivity (Wildman–Crippen MR) is 71.0 cm³/mol. The molecule has 0 aromatic carbocycles. The molecular formula is C12H16ClN5. The molecule has 1 aliphatic carbocycles. The Kier molecular flexibility index (Phi) is 3.07. The van der Waals surface area contributed by atoms with Crippen molar-refractivity contribution in [2.75, 3.05) is 5.32 Å². The zero-order valence-electron chi connectivity index (χ0n) is 10.4. The van der Waals surface area contributed by atoms with E-state index in [1.807, 2.05) is 6.92 Å². The predicted octanol–water partition coefficient (Wildman–Crippen LogP) is 2.83. The molecule has 1 N–H and O–H groups in total. The van der Waals surface area contributed by atoms with Crippen LogP contribution in [0.1, 0.15) is 37.7 Å². The molecule has 0 bridgehead atoms. The van der Waals surface area contributed by atoms with Crippen LogP contribution >= 0.6 is 11.6 Å². The fourth-order valence-electron chi connectivity index (χ4n) is 2.51. The first-order valence-corrected chi connectivity index (χ1v) is 6.76. The van der Waals surface area contributed by atoms with E-state index in [2.05, 4.69) is 20.4 Å². The number of hydrogen-bond acceptors (Lipinski definition) is 4. The first kappa shape index (κ1) is 11.7. The zero-order chi connectivity index (χ0) is 12.5. The number of fused-ring (bicyclic) bond motifs is 1. The Hall–Kier alpha value is -1.36. The third-order valence-electron chi connectivity index (χ3n) is 3.55. The van der Waals surface area contributed by atoms with Crippen LogP contribution in [0, 0.1) is 6.92 Å². The number of rotatable bonds is 2. The molecule has 0 unspecified atom stereocenters. The molecule has 2 aromatic heterocycles. The quantitative estimate of drug-likeness (QED) is 0.849. The summed E-state index contributed by atoms with van der Waals surface area (Å²) < 4.78 is 1.73. The van der Waals surface area contributed by atoms with Crippen LogP contribution in [0.15, 0.2) is 6.33 Å². The maximum atomic E-state index is 6.14. The Morgan fingerprint density at radius 1 is 1.33 bits per heavy atom. The molecule has 0 spiro atoms. The molecule has 1 aliphatic rings. The maximum absolute atomic E-state index is 6.14. The summed E-state index contributed by atoms with van der Waals surface area (Å²) in [6.45, 7) is 1.96.